The number of nitrogens with zero attached hydrogens (tertiary/aromatic N) is 4. The van der Waals surface area contributed by atoms with Gasteiger partial charge in [-0.25, -0.2) is 14.4 Å². The van der Waals surface area contributed by atoms with Gasteiger partial charge in [0.25, 0.3) is 0 Å². The summed E-state index contributed by atoms with van der Waals surface area (Å²) in [6, 6.07) is 14.0. The zero-order chi connectivity index (χ0) is 20.2. The summed E-state index contributed by atoms with van der Waals surface area (Å²) in [5.41, 5.74) is 1.09. The van der Waals surface area contributed by atoms with Gasteiger partial charge in [-0.2, -0.15) is 0 Å². The fraction of sp³-hybridized carbons (Fsp3) is 0.238. The number of halogens is 2. The largest absolute Gasteiger partial charge is 0.495 e. The molecule has 0 spiro atoms. The molecule has 2 aromatic carbocycles. The van der Waals surface area contributed by atoms with Crippen molar-refractivity contribution in [3.05, 3.63) is 65.7 Å². The number of rotatable bonds is 5. The van der Waals surface area contributed by atoms with Gasteiger partial charge in [-0.05, 0) is 24.3 Å². The lowest BCUT2D eigenvalue weighted by molar-refractivity contribution is 0.413. The zero-order valence-corrected chi connectivity index (χ0v) is 16.6. The molecule has 29 heavy (non-hydrogen) atoms. The average molecular weight is 415 g/mol. The maximum absolute atomic E-state index is 13.3. The molecule has 1 aromatic heterocycles. The lowest BCUT2D eigenvalue weighted by Crippen LogP contribution is -2.47. The Bertz CT molecular complexity index is 996. The van der Waals surface area contributed by atoms with Crippen molar-refractivity contribution in [2.24, 2.45) is 0 Å². The van der Waals surface area contributed by atoms with Crippen LogP contribution in [0.5, 0.6) is 17.4 Å². The van der Waals surface area contributed by atoms with E-state index in [2.05, 4.69) is 25.8 Å². The fourth-order valence-electron chi connectivity index (χ4n) is 3.29. The van der Waals surface area contributed by atoms with E-state index in [-0.39, 0.29) is 5.02 Å². The van der Waals surface area contributed by atoms with Crippen LogP contribution in [0.4, 0.5) is 15.9 Å². The van der Waals surface area contributed by atoms with E-state index in [1.807, 2.05) is 18.2 Å². The first-order valence-corrected chi connectivity index (χ1v) is 9.60. The van der Waals surface area contributed by atoms with Crippen LogP contribution in [0.25, 0.3) is 0 Å². The van der Waals surface area contributed by atoms with E-state index < -0.39 is 5.82 Å². The van der Waals surface area contributed by atoms with E-state index >= 15 is 0 Å². The summed E-state index contributed by atoms with van der Waals surface area (Å²) in [5, 5.41) is 0.00393. The molecule has 0 atom stereocenters. The lowest BCUT2D eigenvalue weighted by Gasteiger charge is -2.37. The Morgan fingerprint density at radius 3 is 2.48 bits per heavy atom. The summed E-state index contributed by atoms with van der Waals surface area (Å²) in [6.45, 7) is 3.29. The molecule has 0 radical (unpaired) electrons. The van der Waals surface area contributed by atoms with Gasteiger partial charge in [0.15, 0.2) is 0 Å². The Morgan fingerprint density at radius 2 is 1.72 bits per heavy atom. The summed E-state index contributed by atoms with van der Waals surface area (Å²) >= 11 is 5.81. The van der Waals surface area contributed by atoms with E-state index in [1.165, 1.54) is 24.5 Å². The first-order chi connectivity index (χ1) is 14.1. The second-order valence-electron chi connectivity index (χ2n) is 6.54. The molecule has 1 fully saturated rings. The summed E-state index contributed by atoms with van der Waals surface area (Å²) in [4.78, 5) is 13.0. The topological polar surface area (TPSA) is 50.7 Å². The maximum atomic E-state index is 13.3. The summed E-state index contributed by atoms with van der Waals surface area (Å²) in [6.07, 6.45) is 1.46. The Hall–Kier alpha value is -3.06. The predicted molar refractivity (Wildman–Crippen MR) is 111 cm³/mol. The first kappa shape index (κ1) is 19.3. The van der Waals surface area contributed by atoms with Gasteiger partial charge in [0.1, 0.15) is 29.5 Å². The monoisotopic (exact) mass is 414 g/mol. The van der Waals surface area contributed by atoms with Crippen LogP contribution >= 0.6 is 11.6 Å². The number of hydrogen-bond donors (Lipinski definition) is 0. The van der Waals surface area contributed by atoms with Crippen LogP contribution in [0.2, 0.25) is 5.02 Å². The van der Waals surface area contributed by atoms with Crippen LogP contribution in [0, 0.1) is 5.82 Å². The number of benzene rings is 2. The van der Waals surface area contributed by atoms with Crippen molar-refractivity contribution in [1.29, 1.82) is 0 Å². The number of piperazine rings is 1. The molecule has 3 aromatic rings. The van der Waals surface area contributed by atoms with Gasteiger partial charge in [-0.3, -0.25) is 0 Å². The van der Waals surface area contributed by atoms with E-state index in [9.17, 15) is 4.39 Å². The van der Waals surface area contributed by atoms with E-state index in [4.69, 9.17) is 21.1 Å². The molecular formula is C21H20ClFN4O2. The minimum atomic E-state index is -0.490. The Balaban J connectivity index is 1.43. The van der Waals surface area contributed by atoms with Crippen molar-refractivity contribution in [2.75, 3.05) is 43.1 Å². The second-order valence-corrected chi connectivity index (χ2v) is 6.95. The molecule has 1 aliphatic rings. The molecule has 0 amide bonds. The number of anilines is 2. The molecule has 1 saturated heterocycles. The van der Waals surface area contributed by atoms with Gasteiger partial charge in [-0.1, -0.05) is 23.7 Å². The van der Waals surface area contributed by atoms with Crippen molar-refractivity contribution in [3.8, 4) is 17.4 Å². The van der Waals surface area contributed by atoms with Gasteiger partial charge in [-0.15, -0.1) is 0 Å². The highest BCUT2D eigenvalue weighted by molar-refractivity contribution is 6.30. The molecule has 4 rings (SSSR count). The Kier molecular flexibility index (Phi) is 5.67. The number of para-hydroxylation sites is 2. The fourth-order valence-corrected chi connectivity index (χ4v) is 3.46. The maximum Gasteiger partial charge on any atom is 0.224 e. The second kappa shape index (κ2) is 8.53. The minimum absolute atomic E-state index is 0.00393. The average Bonchev–Trinajstić information content (AvgIpc) is 2.76. The number of methoxy groups -OCH3 is 1. The summed E-state index contributed by atoms with van der Waals surface area (Å²) in [5.74, 6) is 1.96. The first-order valence-electron chi connectivity index (χ1n) is 9.22. The van der Waals surface area contributed by atoms with Gasteiger partial charge in [0.2, 0.25) is 5.88 Å². The van der Waals surface area contributed by atoms with Crippen molar-refractivity contribution in [1.82, 2.24) is 9.97 Å². The lowest BCUT2D eigenvalue weighted by atomic mass is 10.2. The number of hydrogen-bond acceptors (Lipinski definition) is 6. The van der Waals surface area contributed by atoms with Crippen molar-refractivity contribution >= 4 is 23.1 Å². The molecule has 0 aliphatic carbocycles. The summed E-state index contributed by atoms with van der Waals surface area (Å²) in [7, 11) is 1.69. The third-order valence-electron chi connectivity index (χ3n) is 4.77. The standard InChI is InChI=1S/C21H20ClFN4O2/c1-28-19-5-3-2-4-18(19)26-8-10-27(11-9-26)20-13-21(25-14-24-20)29-15-6-7-17(23)16(22)12-15/h2-7,12-14H,8-11H2,1H3. The van der Waals surface area contributed by atoms with Crippen LogP contribution in [-0.2, 0) is 0 Å². The van der Waals surface area contributed by atoms with Gasteiger partial charge >= 0.3 is 0 Å². The summed E-state index contributed by atoms with van der Waals surface area (Å²) < 4.78 is 24.5. The molecule has 8 heteroatoms. The van der Waals surface area contributed by atoms with E-state index in [0.29, 0.717) is 11.6 Å². The zero-order valence-electron chi connectivity index (χ0n) is 15.9. The Morgan fingerprint density at radius 1 is 0.966 bits per heavy atom. The quantitative estimate of drug-likeness (QED) is 0.617. The molecular weight excluding hydrogens is 395 g/mol. The molecule has 0 N–H and O–H groups in total. The van der Waals surface area contributed by atoms with Crippen LogP contribution in [-0.4, -0.2) is 43.3 Å². The van der Waals surface area contributed by atoms with E-state index in [1.54, 1.807) is 13.2 Å². The van der Waals surface area contributed by atoms with E-state index in [0.717, 1.165) is 43.4 Å². The third kappa shape index (κ3) is 4.35. The van der Waals surface area contributed by atoms with Gasteiger partial charge < -0.3 is 19.3 Å². The number of ether oxygens (including phenoxy) is 2. The van der Waals surface area contributed by atoms with Crippen LogP contribution < -0.4 is 19.3 Å². The normalized spacial score (nSPS) is 14.0. The number of aromatic nitrogens is 2. The molecule has 6 nitrogen and oxygen atoms in total. The molecule has 0 bridgehead atoms. The third-order valence-corrected chi connectivity index (χ3v) is 5.06. The van der Waals surface area contributed by atoms with Gasteiger partial charge in [0.05, 0.1) is 17.8 Å². The van der Waals surface area contributed by atoms with Crippen LogP contribution in [0.1, 0.15) is 0 Å². The highest BCUT2D eigenvalue weighted by Crippen LogP contribution is 2.30. The Labute approximate surface area is 173 Å². The SMILES string of the molecule is COc1ccccc1N1CCN(c2cc(Oc3ccc(F)c(Cl)c3)ncn2)CC1. The van der Waals surface area contributed by atoms with Gasteiger partial charge in [0, 0.05) is 38.3 Å². The van der Waals surface area contributed by atoms with Crippen LogP contribution in [0.15, 0.2) is 54.9 Å². The molecule has 2 heterocycles. The highest BCUT2D eigenvalue weighted by atomic mass is 35.5. The van der Waals surface area contributed by atoms with Crippen molar-refractivity contribution < 1.29 is 13.9 Å². The highest BCUT2D eigenvalue weighted by Gasteiger charge is 2.21. The molecule has 0 unspecified atom stereocenters. The molecule has 0 saturated carbocycles. The smallest absolute Gasteiger partial charge is 0.224 e. The molecule has 150 valence electrons. The predicted octanol–water partition coefficient (Wildman–Crippen LogP) is 4.40. The minimum Gasteiger partial charge on any atom is -0.495 e. The van der Waals surface area contributed by atoms with Crippen molar-refractivity contribution in [2.45, 2.75) is 0 Å². The van der Waals surface area contributed by atoms with Crippen molar-refractivity contribution in [3.63, 3.8) is 0 Å². The molecule has 1 aliphatic heterocycles. The van der Waals surface area contributed by atoms with Crippen LogP contribution in [0.3, 0.4) is 0 Å².